The topological polar surface area (TPSA) is 310 Å². The molecule has 0 bridgehead atoms. The van der Waals surface area contributed by atoms with Gasteiger partial charge in [-0.25, -0.2) is 0 Å². The number of Topliss-reactive ketones (excluding diaryl/α,β-unsaturated/α-hetero) is 1. The predicted molar refractivity (Wildman–Crippen MR) is 292 cm³/mol. The first-order chi connectivity index (χ1) is 38.0. The van der Waals surface area contributed by atoms with Crippen LogP contribution in [0.4, 0.5) is 0 Å². The van der Waals surface area contributed by atoms with Crippen molar-refractivity contribution in [2.75, 3.05) is 39.5 Å². The number of rotatable bonds is 25. The van der Waals surface area contributed by atoms with E-state index in [9.17, 15) is 63.0 Å². The molecular formula is C56H65ClN6O15S2. The van der Waals surface area contributed by atoms with E-state index in [1.54, 1.807) is 67.6 Å². The third-order valence-corrected chi connectivity index (χ3v) is 19.2. The van der Waals surface area contributed by atoms with Gasteiger partial charge in [-0.2, -0.15) is 0 Å². The molecule has 0 radical (unpaired) electrons. The van der Waals surface area contributed by atoms with Crippen molar-refractivity contribution in [3.8, 4) is 0 Å². The van der Waals surface area contributed by atoms with Crippen LogP contribution >= 0.6 is 35.1 Å². The van der Waals surface area contributed by atoms with Crippen LogP contribution in [0, 0.1) is 28.6 Å². The third kappa shape index (κ3) is 12.8. The summed E-state index contributed by atoms with van der Waals surface area (Å²) in [6, 6.07) is 16.5. The molecule has 3 fully saturated rings. The molecule has 24 heteroatoms. The van der Waals surface area contributed by atoms with Gasteiger partial charge in [-0.15, -0.1) is 11.6 Å². The zero-order valence-electron chi connectivity index (χ0n) is 44.6. The summed E-state index contributed by atoms with van der Waals surface area (Å²) >= 11 is 9.85. The van der Waals surface area contributed by atoms with Crippen LogP contribution in [0.1, 0.15) is 79.1 Å². The van der Waals surface area contributed by atoms with Crippen molar-refractivity contribution >= 4 is 100.0 Å². The van der Waals surface area contributed by atoms with Crippen molar-refractivity contribution in [2.45, 2.75) is 111 Å². The first-order valence-corrected chi connectivity index (χ1v) is 28.3. The number of ether oxygens (including phenoxy) is 2. The first kappa shape index (κ1) is 61.0. The van der Waals surface area contributed by atoms with E-state index < -0.39 is 144 Å². The largest absolute Gasteiger partial charge is 0.481 e. The molecule has 7 rings (SSSR count). The van der Waals surface area contributed by atoms with E-state index in [0.29, 0.717) is 19.3 Å². The Morgan fingerprint density at radius 3 is 2.00 bits per heavy atom. The van der Waals surface area contributed by atoms with Crippen molar-refractivity contribution in [3.63, 3.8) is 0 Å². The number of alkyl halides is 1. The highest BCUT2D eigenvalue weighted by atomic mass is 35.5. The van der Waals surface area contributed by atoms with Crippen molar-refractivity contribution in [3.05, 3.63) is 94.3 Å². The maximum atomic E-state index is 14.5. The van der Waals surface area contributed by atoms with Gasteiger partial charge in [0.15, 0.2) is 11.4 Å². The van der Waals surface area contributed by atoms with Crippen LogP contribution in [0.15, 0.2) is 104 Å². The highest BCUT2D eigenvalue weighted by Crippen LogP contribution is 2.72. The number of aliphatic hydroxyl groups excluding tert-OH is 1. The minimum atomic E-state index is -1.73. The molecule has 1 unspecified atom stereocenters. The van der Waals surface area contributed by atoms with Gasteiger partial charge in [0.05, 0.1) is 40.4 Å². The minimum absolute atomic E-state index is 0.00616. The molecule has 2 aromatic rings. The number of fused-ring (bicyclic) bond motifs is 5. The average Bonchev–Trinajstić information content (AvgIpc) is 3.86. The molecule has 2 aromatic carbocycles. The van der Waals surface area contributed by atoms with Gasteiger partial charge in [0.1, 0.15) is 19.4 Å². The summed E-state index contributed by atoms with van der Waals surface area (Å²) in [5, 5.41) is 33.1. The van der Waals surface area contributed by atoms with Crippen LogP contribution in [0.3, 0.4) is 0 Å². The van der Waals surface area contributed by atoms with Gasteiger partial charge in [0, 0.05) is 52.3 Å². The molecule has 4 aliphatic carbocycles. The zero-order chi connectivity index (χ0) is 58.2. The lowest BCUT2D eigenvalue weighted by Crippen LogP contribution is -2.69. The lowest BCUT2D eigenvalue weighted by Gasteiger charge is -2.64. The number of nitrogens with one attached hydrogen (secondary N) is 5. The number of imide groups is 1. The second-order valence-electron chi connectivity index (χ2n) is 20.8. The SMILES string of the molecule is CCC(=O)O[C@]1(C(=O)COCNC(=O)CNC(=O)CNC(=O)[C@H](CCC(=O)O)NC(=O)CNC(=O)CCN2C(=O)C(Sc3ccccc3)=C(Sc3ccccc3)C2=O)[C@@H](C)CC2[C@@H]3CCC4=CC(=O)C=C[C@]4(C)[C@@]3(Cl)[C@@H](O)C[C@@]21C. The van der Waals surface area contributed by atoms with Gasteiger partial charge in [-0.3, -0.25) is 57.6 Å². The maximum absolute atomic E-state index is 14.5. The van der Waals surface area contributed by atoms with Crippen molar-refractivity contribution < 1.29 is 72.4 Å². The first-order valence-electron chi connectivity index (χ1n) is 26.3. The molecule has 1 heterocycles. The summed E-state index contributed by atoms with van der Waals surface area (Å²) in [7, 11) is 0. The number of amides is 7. The van der Waals surface area contributed by atoms with E-state index in [0.717, 1.165) is 43.8 Å². The molecule has 428 valence electrons. The number of allylic oxidation sites excluding steroid dienone is 4. The lowest BCUT2D eigenvalue weighted by atomic mass is 9.45. The second-order valence-corrected chi connectivity index (χ2v) is 23.6. The Kier molecular flexibility index (Phi) is 19.7. The van der Waals surface area contributed by atoms with E-state index in [4.69, 9.17) is 21.1 Å². The van der Waals surface area contributed by atoms with Crippen LogP contribution < -0.4 is 26.6 Å². The number of thioether (sulfide) groups is 2. The highest BCUT2D eigenvalue weighted by Gasteiger charge is 2.76. The Morgan fingerprint density at radius 1 is 0.800 bits per heavy atom. The van der Waals surface area contributed by atoms with Crippen molar-refractivity contribution in [1.82, 2.24) is 31.5 Å². The standard InChI is InChI=1S/C56H65ClN6O15S2/c1-5-47(73)78-56(32(2)24-38-37-17-16-33-25-34(64)20-22-53(33,3)55(37,57)40(65)26-54(38,56)4)41(66)30-77-31-61-44(69)27-59-43(68)28-60-50(74)39(18-19-46(71)72)62-45(70)29-58-42(67)21-23-63-51(75)48(79-35-12-8-6-9-13-35)49(52(63)76)80-36-14-10-7-11-15-36/h6-15,20,22,25,32,37-40,65H,5,16-19,21,23-24,26-31H2,1-4H3,(H,58,67)(H,59,68)(H,60,74)(H,61,69)(H,62,70)(H,71,72)/t32-,37-,38?,39-,40-,53-,54-,55-,56-/m0/s1. The fraction of sp³-hybridized carbons (Fsp3) is 0.482. The quantitative estimate of drug-likeness (QED) is 0.0246. The number of esters is 1. The summed E-state index contributed by atoms with van der Waals surface area (Å²) in [5.74, 6) is -9.07. The minimum Gasteiger partial charge on any atom is -0.481 e. The summed E-state index contributed by atoms with van der Waals surface area (Å²) in [6.45, 7) is 3.83. The Labute approximate surface area is 475 Å². The van der Waals surface area contributed by atoms with E-state index in [2.05, 4.69) is 26.6 Å². The molecule has 0 saturated heterocycles. The molecule has 5 aliphatic rings. The van der Waals surface area contributed by atoms with Gasteiger partial charge in [-0.05, 0) is 80.4 Å². The molecule has 1 aliphatic heterocycles. The van der Waals surface area contributed by atoms with Gasteiger partial charge >= 0.3 is 11.9 Å². The number of hydrogen-bond acceptors (Lipinski definition) is 16. The van der Waals surface area contributed by atoms with Crippen LogP contribution in [0.5, 0.6) is 0 Å². The summed E-state index contributed by atoms with van der Waals surface area (Å²) in [5.41, 5.74) is -2.82. The number of aliphatic hydroxyl groups is 1. The fourth-order valence-electron chi connectivity index (χ4n) is 12.0. The molecule has 0 aromatic heterocycles. The molecule has 7 amide bonds. The summed E-state index contributed by atoms with van der Waals surface area (Å²) < 4.78 is 11.8. The zero-order valence-corrected chi connectivity index (χ0v) is 47.0. The lowest BCUT2D eigenvalue weighted by molar-refractivity contribution is -0.203. The van der Waals surface area contributed by atoms with E-state index in [1.165, 1.54) is 6.08 Å². The van der Waals surface area contributed by atoms with Crippen LogP contribution in [-0.2, 0) is 62.2 Å². The molecule has 7 N–H and O–H groups in total. The number of aliphatic carboxylic acids is 1. The monoisotopic (exact) mass is 1160 g/mol. The number of ketones is 2. The summed E-state index contributed by atoms with van der Waals surface area (Å²) in [4.78, 5) is 145. The van der Waals surface area contributed by atoms with Gasteiger partial charge in [0.25, 0.3) is 11.8 Å². The molecular weight excluding hydrogens is 1100 g/mol. The number of hydrogen-bond donors (Lipinski definition) is 7. The second kappa shape index (κ2) is 25.9. The van der Waals surface area contributed by atoms with Crippen LogP contribution in [-0.4, -0.2) is 142 Å². The van der Waals surface area contributed by atoms with Crippen molar-refractivity contribution in [1.29, 1.82) is 0 Å². The number of halogens is 1. The van der Waals surface area contributed by atoms with E-state index >= 15 is 0 Å². The van der Waals surface area contributed by atoms with E-state index in [1.807, 2.05) is 32.9 Å². The number of nitrogens with zero attached hydrogens (tertiary/aromatic N) is 1. The Morgan fingerprint density at radius 2 is 1.39 bits per heavy atom. The van der Waals surface area contributed by atoms with Gasteiger partial charge in [-0.1, -0.05) is 99.3 Å². The molecule has 3 saturated carbocycles. The van der Waals surface area contributed by atoms with Crippen LogP contribution in [0.25, 0.3) is 0 Å². The third-order valence-electron chi connectivity index (χ3n) is 16.0. The Balaban J connectivity index is 0.851. The Hall–Kier alpha value is -6.66. The predicted octanol–water partition coefficient (Wildman–Crippen LogP) is 3.48. The summed E-state index contributed by atoms with van der Waals surface area (Å²) in [6.07, 6.45) is 3.83. The van der Waals surface area contributed by atoms with Gasteiger partial charge < -0.3 is 46.3 Å². The number of carboxylic acid groups (broad SMARTS) is 1. The number of benzene rings is 2. The van der Waals surface area contributed by atoms with E-state index in [-0.39, 0.29) is 53.2 Å². The van der Waals surface area contributed by atoms with Crippen molar-refractivity contribution in [2.24, 2.45) is 28.6 Å². The number of carbonyl (C=O) groups is 11. The molecule has 80 heavy (non-hydrogen) atoms. The molecule has 21 nitrogen and oxygen atoms in total. The van der Waals surface area contributed by atoms with Crippen LogP contribution in [0.2, 0.25) is 0 Å². The normalized spacial score (nSPS) is 26.9. The maximum Gasteiger partial charge on any atom is 0.306 e. The highest BCUT2D eigenvalue weighted by molar-refractivity contribution is 8.08. The number of carboxylic acids is 1. The number of carbonyl (C=O) groups excluding carboxylic acids is 10. The fourth-order valence-corrected chi connectivity index (χ4v) is 14.6. The Bertz CT molecular complexity index is 2840. The van der Waals surface area contributed by atoms with Gasteiger partial charge in [0.2, 0.25) is 35.3 Å². The average molecular weight is 1160 g/mol. The smallest absolute Gasteiger partial charge is 0.306 e. The molecule has 9 atom stereocenters. The molecule has 0 spiro atoms.